The number of aliphatic hydroxyl groups is 1. The van der Waals surface area contributed by atoms with Gasteiger partial charge in [0.2, 0.25) is 0 Å². The minimum atomic E-state index is -0.221. The Hall–Kier alpha value is -1.82. The summed E-state index contributed by atoms with van der Waals surface area (Å²) in [5, 5.41) is 11.5. The number of amides is 2. The first-order chi connectivity index (χ1) is 8.54. The van der Waals surface area contributed by atoms with Crippen LogP contribution in [0.3, 0.4) is 0 Å². The first-order valence-electron chi connectivity index (χ1n) is 5.77. The fourth-order valence-electron chi connectivity index (χ4n) is 1.37. The van der Waals surface area contributed by atoms with E-state index in [-0.39, 0.29) is 12.6 Å². The van der Waals surface area contributed by atoms with Crippen LogP contribution in [0.25, 0.3) is 0 Å². The maximum absolute atomic E-state index is 11.6. The van der Waals surface area contributed by atoms with E-state index in [4.69, 9.17) is 5.11 Å². The molecule has 2 N–H and O–H groups in total. The Morgan fingerprint density at radius 1 is 1.39 bits per heavy atom. The Morgan fingerprint density at radius 2 is 2.11 bits per heavy atom. The molecule has 0 radical (unpaired) electrons. The number of anilines is 1. The van der Waals surface area contributed by atoms with Crippen molar-refractivity contribution in [3.63, 3.8) is 0 Å². The second-order valence-electron chi connectivity index (χ2n) is 4.19. The number of rotatable bonds is 5. The summed E-state index contributed by atoms with van der Waals surface area (Å²) >= 11 is 0. The van der Waals surface area contributed by atoms with Gasteiger partial charge in [0.05, 0.1) is 18.8 Å². The smallest absolute Gasteiger partial charge is 0.317 e. The van der Waals surface area contributed by atoms with Crippen LogP contribution < -0.4 is 10.2 Å². The summed E-state index contributed by atoms with van der Waals surface area (Å²) < 4.78 is 0. The van der Waals surface area contributed by atoms with Crippen LogP contribution in [0, 0.1) is 0 Å². The molecule has 100 valence electrons. The lowest BCUT2D eigenvalue weighted by molar-refractivity contribution is 0.190. The third-order valence-corrected chi connectivity index (χ3v) is 2.45. The second-order valence-corrected chi connectivity index (χ2v) is 4.19. The summed E-state index contributed by atoms with van der Waals surface area (Å²) in [7, 11) is 5.47. The number of aliphatic hydroxyl groups excluding tert-OH is 1. The largest absolute Gasteiger partial charge is 0.395 e. The highest BCUT2D eigenvalue weighted by Crippen LogP contribution is 2.07. The van der Waals surface area contributed by atoms with Gasteiger partial charge in [0.15, 0.2) is 0 Å². The van der Waals surface area contributed by atoms with E-state index in [1.807, 2.05) is 37.2 Å². The Morgan fingerprint density at radius 3 is 2.72 bits per heavy atom. The monoisotopic (exact) mass is 252 g/mol. The number of aromatic nitrogens is 1. The summed E-state index contributed by atoms with van der Waals surface area (Å²) in [5.74, 6) is 0.852. The number of pyridine rings is 1. The van der Waals surface area contributed by atoms with Crippen LogP contribution in [-0.2, 0) is 6.54 Å². The Labute approximate surface area is 107 Å². The van der Waals surface area contributed by atoms with Crippen LogP contribution in [0.2, 0.25) is 0 Å². The molecule has 0 aliphatic rings. The highest BCUT2D eigenvalue weighted by Gasteiger charge is 2.07. The van der Waals surface area contributed by atoms with E-state index in [1.54, 1.807) is 7.05 Å². The first kappa shape index (κ1) is 14.2. The number of likely N-dealkylation sites (N-methyl/N-ethyl adjacent to an activating group) is 1. The van der Waals surface area contributed by atoms with Crippen molar-refractivity contribution in [3.05, 3.63) is 23.9 Å². The van der Waals surface area contributed by atoms with Gasteiger partial charge in [0.25, 0.3) is 0 Å². The second kappa shape index (κ2) is 6.80. The number of carbonyl (C=O) groups is 1. The molecule has 0 aromatic carbocycles. The minimum absolute atomic E-state index is 0.0434. The summed E-state index contributed by atoms with van der Waals surface area (Å²) in [5.41, 5.74) is 0.798. The maximum Gasteiger partial charge on any atom is 0.317 e. The first-order valence-corrected chi connectivity index (χ1v) is 5.77. The quantitative estimate of drug-likeness (QED) is 0.790. The fraction of sp³-hybridized carbons (Fsp3) is 0.500. The van der Waals surface area contributed by atoms with Gasteiger partial charge in [-0.1, -0.05) is 6.07 Å². The van der Waals surface area contributed by atoms with Crippen molar-refractivity contribution in [2.24, 2.45) is 0 Å². The SMILES string of the molecule is CN(CCO)C(=O)NCc1cccc(N(C)C)n1. The maximum atomic E-state index is 11.6. The Bertz CT molecular complexity index is 395. The van der Waals surface area contributed by atoms with E-state index >= 15 is 0 Å². The van der Waals surface area contributed by atoms with Crippen molar-refractivity contribution in [3.8, 4) is 0 Å². The van der Waals surface area contributed by atoms with E-state index in [0.29, 0.717) is 13.1 Å². The number of hydrogen-bond acceptors (Lipinski definition) is 4. The molecule has 0 aliphatic carbocycles. The van der Waals surface area contributed by atoms with Gasteiger partial charge in [-0.3, -0.25) is 0 Å². The third kappa shape index (κ3) is 4.21. The molecule has 1 aromatic rings. The average molecular weight is 252 g/mol. The molecule has 1 heterocycles. The summed E-state index contributed by atoms with van der Waals surface area (Å²) in [6.45, 7) is 0.644. The average Bonchev–Trinajstić information content (AvgIpc) is 2.36. The number of hydrogen-bond donors (Lipinski definition) is 2. The molecule has 1 rings (SSSR count). The topological polar surface area (TPSA) is 68.7 Å². The van der Waals surface area contributed by atoms with E-state index in [2.05, 4.69) is 10.3 Å². The lowest BCUT2D eigenvalue weighted by Crippen LogP contribution is -2.38. The van der Waals surface area contributed by atoms with Gasteiger partial charge in [-0.2, -0.15) is 0 Å². The predicted octanol–water partition coefficient (Wildman–Crippen LogP) is 0.281. The third-order valence-electron chi connectivity index (χ3n) is 2.45. The molecular weight excluding hydrogens is 232 g/mol. The van der Waals surface area contributed by atoms with E-state index in [0.717, 1.165) is 11.5 Å². The van der Waals surface area contributed by atoms with Gasteiger partial charge in [-0.25, -0.2) is 9.78 Å². The van der Waals surface area contributed by atoms with Crippen molar-refractivity contribution >= 4 is 11.8 Å². The zero-order chi connectivity index (χ0) is 13.5. The van der Waals surface area contributed by atoms with Gasteiger partial charge >= 0.3 is 6.03 Å². The molecule has 0 aliphatic heterocycles. The molecule has 0 spiro atoms. The lowest BCUT2D eigenvalue weighted by Gasteiger charge is -2.17. The van der Waals surface area contributed by atoms with Crippen molar-refractivity contribution in [2.75, 3.05) is 39.2 Å². The molecule has 6 heteroatoms. The summed E-state index contributed by atoms with van der Waals surface area (Å²) in [6.07, 6.45) is 0. The lowest BCUT2D eigenvalue weighted by atomic mass is 10.3. The zero-order valence-corrected chi connectivity index (χ0v) is 11.1. The standard InChI is InChI=1S/C12H20N4O2/c1-15(2)11-6-4-5-10(14-11)9-13-12(18)16(3)7-8-17/h4-6,17H,7-9H2,1-3H3,(H,13,18). The predicted molar refractivity (Wildman–Crippen MR) is 70.5 cm³/mol. The molecular formula is C12H20N4O2. The molecule has 6 nitrogen and oxygen atoms in total. The summed E-state index contributed by atoms with van der Waals surface area (Å²) in [6, 6.07) is 5.45. The van der Waals surface area contributed by atoms with Gasteiger partial charge in [0.1, 0.15) is 5.82 Å². The van der Waals surface area contributed by atoms with Gasteiger partial charge in [0, 0.05) is 27.7 Å². The number of nitrogens with one attached hydrogen (secondary N) is 1. The highest BCUT2D eigenvalue weighted by molar-refractivity contribution is 5.73. The van der Waals surface area contributed by atoms with Gasteiger partial charge < -0.3 is 20.2 Å². The van der Waals surface area contributed by atoms with Crippen LogP contribution in [0.5, 0.6) is 0 Å². The zero-order valence-electron chi connectivity index (χ0n) is 11.1. The van der Waals surface area contributed by atoms with E-state index in [1.165, 1.54) is 4.90 Å². The number of carbonyl (C=O) groups excluding carboxylic acids is 1. The fourth-order valence-corrected chi connectivity index (χ4v) is 1.37. The number of nitrogens with zero attached hydrogens (tertiary/aromatic N) is 3. The Kier molecular flexibility index (Phi) is 5.38. The van der Waals surface area contributed by atoms with Crippen LogP contribution in [0.4, 0.5) is 10.6 Å². The van der Waals surface area contributed by atoms with Crippen molar-refractivity contribution < 1.29 is 9.90 Å². The van der Waals surface area contributed by atoms with Crippen LogP contribution >= 0.6 is 0 Å². The molecule has 18 heavy (non-hydrogen) atoms. The van der Waals surface area contributed by atoms with Crippen LogP contribution in [0.1, 0.15) is 5.69 Å². The highest BCUT2D eigenvalue weighted by atomic mass is 16.3. The Balaban J connectivity index is 2.53. The van der Waals surface area contributed by atoms with Crippen LogP contribution in [0.15, 0.2) is 18.2 Å². The molecule has 0 unspecified atom stereocenters. The molecule has 0 atom stereocenters. The molecule has 0 saturated heterocycles. The summed E-state index contributed by atoms with van der Waals surface area (Å²) in [4.78, 5) is 19.3. The molecule has 0 fully saturated rings. The van der Waals surface area contributed by atoms with E-state index < -0.39 is 0 Å². The van der Waals surface area contributed by atoms with Crippen molar-refractivity contribution in [1.29, 1.82) is 0 Å². The molecule has 1 aromatic heterocycles. The van der Waals surface area contributed by atoms with Crippen molar-refractivity contribution in [2.45, 2.75) is 6.54 Å². The van der Waals surface area contributed by atoms with Gasteiger partial charge in [-0.05, 0) is 12.1 Å². The molecule has 0 saturated carbocycles. The number of urea groups is 1. The minimum Gasteiger partial charge on any atom is -0.395 e. The van der Waals surface area contributed by atoms with Crippen LogP contribution in [-0.4, -0.2) is 55.3 Å². The molecule has 0 bridgehead atoms. The molecule has 2 amide bonds. The van der Waals surface area contributed by atoms with Gasteiger partial charge in [-0.15, -0.1) is 0 Å². The van der Waals surface area contributed by atoms with Crippen molar-refractivity contribution in [1.82, 2.24) is 15.2 Å². The van der Waals surface area contributed by atoms with E-state index in [9.17, 15) is 4.79 Å². The normalized spacial score (nSPS) is 10.0.